The molecule has 2 aromatic heterocycles. The highest BCUT2D eigenvalue weighted by molar-refractivity contribution is 5.97. The number of aromatic nitrogens is 3. The quantitative estimate of drug-likeness (QED) is 0.620. The minimum absolute atomic E-state index is 0.0238. The molecule has 31 heavy (non-hydrogen) atoms. The number of hydrogen-bond donors (Lipinski definition) is 2. The van der Waals surface area contributed by atoms with Crippen LogP contribution in [0.1, 0.15) is 40.6 Å². The second-order valence-corrected chi connectivity index (χ2v) is 7.59. The van der Waals surface area contributed by atoms with Gasteiger partial charge in [0.2, 0.25) is 5.91 Å². The Morgan fingerprint density at radius 2 is 1.90 bits per heavy atom. The molecule has 3 aromatic rings. The third-order valence-corrected chi connectivity index (χ3v) is 5.37. The molecule has 0 saturated carbocycles. The molecule has 0 unspecified atom stereocenters. The predicted octanol–water partition coefficient (Wildman–Crippen LogP) is 3.17. The van der Waals surface area contributed by atoms with Crippen LogP contribution < -0.4 is 5.32 Å². The van der Waals surface area contributed by atoms with Crippen LogP contribution in [0.25, 0.3) is 11.4 Å². The van der Waals surface area contributed by atoms with Crippen LogP contribution >= 0.6 is 0 Å². The first-order chi connectivity index (χ1) is 15.0. The number of ketones is 1. The van der Waals surface area contributed by atoms with Gasteiger partial charge in [0.25, 0.3) is 5.91 Å². The zero-order chi connectivity index (χ0) is 21.8. The standard InChI is InChI=1S/C23H23N5O3/c1-15(29)16-7-9-18(10-8-16)25-22(30)17-5-4-12-28(14-17)23(31)21-13-20(26-27-21)19-6-2-3-11-24-19/h2-3,6-11,13,17H,4-5,12,14H2,1H3,(H,25,30)(H,26,27)/t17-/m0/s1. The number of carbonyl (C=O) groups is 3. The van der Waals surface area contributed by atoms with E-state index in [2.05, 4.69) is 20.5 Å². The number of nitrogens with one attached hydrogen (secondary N) is 2. The van der Waals surface area contributed by atoms with Crippen LogP contribution in [0.4, 0.5) is 5.69 Å². The van der Waals surface area contributed by atoms with Crippen LogP contribution in [0.5, 0.6) is 0 Å². The van der Waals surface area contributed by atoms with Crippen molar-refractivity contribution in [2.24, 2.45) is 5.92 Å². The lowest BCUT2D eigenvalue weighted by Crippen LogP contribution is -2.43. The number of aromatic amines is 1. The number of benzene rings is 1. The number of Topliss-reactive ketones (excluding diaryl/α,β-unsaturated/α-hetero) is 1. The van der Waals surface area contributed by atoms with Crippen molar-refractivity contribution in [3.05, 3.63) is 66.0 Å². The van der Waals surface area contributed by atoms with E-state index >= 15 is 0 Å². The Labute approximate surface area is 179 Å². The molecule has 1 aromatic carbocycles. The van der Waals surface area contributed by atoms with Crippen molar-refractivity contribution in [1.29, 1.82) is 0 Å². The van der Waals surface area contributed by atoms with Crippen molar-refractivity contribution in [3.63, 3.8) is 0 Å². The number of pyridine rings is 1. The molecular weight excluding hydrogens is 394 g/mol. The Balaban J connectivity index is 1.40. The topological polar surface area (TPSA) is 108 Å². The van der Waals surface area contributed by atoms with Gasteiger partial charge in [-0.15, -0.1) is 0 Å². The Bertz CT molecular complexity index is 1090. The van der Waals surface area contributed by atoms with E-state index in [-0.39, 0.29) is 23.5 Å². The smallest absolute Gasteiger partial charge is 0.271 e. The predicted molar refractivity (Wildman–Crippen MR) is 116 cm³/mol. The summed E-state index contributed by atoms with van der Waals surface area (Å²) in [6.45, 7) is 2.43. The van der Waals surface area contributed by atoms with Gasteiger partial charge in [-0.05, 0) is 62.2 Å². The molecule has 4 rings (SSSR count). The fourth-order valence-corrected chi connectivity index (χ4v) is 3.66. The summed E-state index contributed by atoms with van der Waals surface area (Å²) in [5, 5.41) is 9.87. The molecule has 1 aliphatic rings. The first kappa shape index (κ1) is 20.5. The summed E-state index contributed by atoms with van der Waals surface area (Å²) in [4.78, 5) is 43.0. The highest BCUT2D eigenvalue weighted by Crippen LogP contribution is 2.22. The SMILES string of the molecule is CC(=O)c1ccc(NC(=O)[C@H]2CCCN(C(=O)c3cc(-c4ccccn4)n[nH]3)C2)cc1. The molecular formula is C23H23N5O3. The first-order valence-corrected chi connectivity index (χ1v) is 10.2. The summed E-state index contributed by atoms with van der Waals surface area (Å²) >= 11 is 0. The van der Waals surface area contributed by atoms with Crippen molar-refractivity contribution in [1.82, 2.24) is 20.1 Å². The fraction of sp³-hybridized carbons (Fsp3) is 0.261. The molecule has 0 aliphatic carbocycles. The van der Waals surface area contributed by atoms with E-state index in [9.17, 15) is 14.4 Å². The van der Waals surface area contributed by atoms with Gasteiger partial charge in [-0.25, -0.2) is 0 Å². The van der Waals surface area contributed by atoms with E-state index < -0.39 is 0 Å². The maximum Gasteiger partial charge on any atom is 0.271 e. The van der Waals surface area contributed by atoms with Gasteiger partial charge in [-0.3, -0.25) is 24.5 Å². The normalized spacial score (nSPS) is 16.0. The van der Waals surface area contributed by atoms with E-state index in [4.69, 9.17) is 0 Å². The first-order valence-electron chi connectivity index (χ1n) is 10.2. The Morgan fingerprint density at radius 3 is 2.61 bits per heavy atom. The largest absolute Gasteiger partial charge is 0.337 e. The van der Waals surface area contributed by atoms with Crippen LogP contribution in [-0.4, -0.2) is 50.8 Å². The number of rotatable bonds is 5. The lowest BCUT2D eigenvalue weighted by atomic mass is 9.96. The number of carbonyl (C=O) groups excluding carboxylic acids is 3. The minimum atomic E-state index is -0.302. The zero-order valence-corrected chi connectivity index (χ0v) is 17.2. The fourth-order valence-electron chi connectivity index (χ4n) is 3.66. The monoisotopic (exact) mass is 417 g/mol. The van der Waals surface area contributed by atoms with E-state index in [1.165, 1.54) is 6.92 Å². The average Bonchev–Trinajstić information content (AvgIpc) is 3.30. The molecule has 1 aliphatic heterocycles. The van der Waals surface area contributed by atoms with Gasteiger partial charge in [0.15, 0.2) is 5.78 Å². The molecule has 2 amide bonds. The molecule has 3 heterocycles. The Morgan fingerprint density at radius 1 is 1.10 bits per heavy atom. The van der Waals surface area contributed by atoms with Gasteiger partial charge in [-0.2, -0.15) is 5.10 Å². The lowest BCUT2D eigenvalue weighted by molar-refractivity contribution is -0.121. The van der Waals surface area contributed by atoms with Gasteiger partial charge < -0.3 is 10.2 Å². The summed E-state index contributed by atoms with van der Waals surface area (Å²) in [5.74, 6) is -0.641. The number of H-pyrrole nitrogens is 1. The number of anilines is 1. The molecule has 0 radical (unpaired) electrons. The average molecular weight is 417 g/mol. The second kappa shape index (κ2) is 8.91. The second-order valence-electron chi connectivity index (χ2n) is 7.59. The lowest BCUT2D eigenvalue weighted by Gasteiger charge is -2.31. The van der Waals surface area contributed by atoms with Crippen LogP contribution in [0.3, 0.4) is 0 Å². The van der Waals surface area contributed by atoms with E-state index in [0.29, 0.717) is 47.8 Å². The van der Waals surface area contributed by atoms with Gasteiger partial charge in [-0.1, -0.05) is 6.07 Å². The number of nitrogens with zero attached hydrogens (tertiary/aromatic N) is 3. The summed E-state index contributed by atoms with van der Waals surface area (Å²) in [6, 6.07) is 14.0. The summed E-state index contributed by atoms with van der Waals surface area (Å²) < 4.78 is 0. The third kappa shape index (κ3) is 4.69. The van der Waals surface area contributed by atoms with Crippen molar-refractivity contribution in [3.8, 4) is 11.4 Å². The molecule has 0 spiro atoms. The Hall–Kier alpha value is -3.81. The number of amides is 2. The maximum atomic E-state index is 12.9. The Kier molecular flexibility index (Phi) is 5.88. The molecule has 158 valence electrons. The third-order valence-electron chi connectivity index (χ3n) is 5.37. The minimum Gasteiger partial charge on any atom is -0.337 e. The van der Waals surface area contributed by atoms with Crippen molar-refractivity contribution >= 4 is 23.3 Å². The van der Waals surface area contributed by atoms with Crippen molar-refractivity contribution in [2.45, 2.75) is 19.8 Å². The van der Waals surface area contributed by atoms with E-state index in [0.717, 1.165) is 6.42 Å². The summed E-state index contributed by atoms with van der Waals surface area (Å²) in [7, 11) is 0. The van der Waals surface area contributed by atoms with E-state index in [1.54, 1.807) is 41.4 Å². The molecule has 1 atom stereocenters. The van der Waals surface area contributed by atoms with Gasteiger partial charge >= 0.3 is 0 Å². The number of likely N-dealkylation sites (tertiary alicyclic amines) is 1. The van der Waals surface area contributed by atoms with Crippen LogP contribution in [0, 0.1) is 5.92 Å². The van der Waals surface area contributed by atoms with E-state index in [1.807, 2.05) is 18.2 Å². The number of hydrogen-bond acceptors (Lipinski definition) is 5. The molecule has 8 heteroatoms. The maximum absolute atomic E-state index is 12.9. The molecule has 1 saturated heterocycles. The molecule has 8 nitrogen and oxygen atoms in total. The highest BCUT2D eigenvalue weighted by Gasteiger charge is 2.30. The van der Waals surface area contributed by atoms with Gasteiger partial charge in [0.1, 0.15) is 11.4 Å². The van der Waals surface area contributed by atoms with Gasteiger partial charge in [0, 0.05) is 30.5 Å². The van der Waals surface area contributed by atoms with Crippen molar-refractivity contribution in [2.75, 3.05) is 18.4 Å². The summed E-state index contributed by atoms with van der Waals surface area (Å²) in [6.07, 6.45) is 3.13. The van der Waals surface area contributed by atoms with Crippen LogP contribution in [-0.2, 0) is 4.79 Å². The summed E-state index contributed by atoms with van der Waals surface area (Å²) in [5.41, 5.74) is 2.89. The molecule has 1 fully saturated rings. The molecule has 2 N–H and O–H groups in total. The highest BCUT2D eigenvalue weighted by atomic mass is 16.2. The van der Waals surface area contributed by atoms with Gasteiger partial charge in [0.05, 0.1) is 11.6 Å². The van der Waals surface area contributed by atoms with Crippen molar-refractivity contribution < 1.29 is 14.4 Å². The van der Waals surface area contributed by atoms with Crippen LogP contribution in [0.2, 0.25) is 0 Å². The number of piperidine rings is 1. The van der Waals surface area contributed by atoms with Crippen LogP contribution in [0.15, 0.2) is 54.7 Å². The zero-order valence-electron chi connectivity index (χ0n) is 17.2. The molecule has 0 bridgehead atoms.